The van der Waals surface area contributed by atoms with Gasteiger partial charge in [-0.2, -0.15) is 0 Å². The Labute approximate surface area is 184 Å². The number of aliphatic imine (C=N–C) groups is 1. The Morgan fingerprint density at radius 3 is 2.81 bits per heavy atom. The van der Waals surface area contributed by atoms with Crippen LogP contribution in [0.15, 0.2) is 33.7 Å². The molecule has 0 radical (unpaired) electrons. The van der Waals surface area contributed by atoms with E-state index in [-0.39, 0.29) is 48.5 Å². The van der Waals surface area contributed by atoms with Crippen molar-refractivity contribution in [2.75, 3.05) is 44.7 Å². The average molecular weight is 551 g/mol. The van der Waals surface area contributed by atoms with Crippen LogP contribution in [0.2, 0.25) is 0 Å². The molecule has 2 aliphatic rings. The minimum absolute atomic E-state index is 0. The second kappa shape index (κ2) is 10.1. The van der Waals surface area contributed by atoms with Crippen LogP contribution in [0.25, 0.3) is 0 Å². The number of para-hydroxylation sites is 1. The van der Waals surface area contributed by atoms with Gasteiger partial charge in [-0.1, -0.05) is 12.1 Å². The molecule has 1 unspecified atom stereocenters. The number of hydrogen-bond donors (Lipinski definition) is 3. The normalized spacial score (nSPS) is 19.8. The summed E-state index contributed by atoms with van der Waals surface area (Å²) in [6.45, 7) is 2.72. The number of guanidine groups is 1. The number of halogens is 2. The molecular formula is C17H24BrIN6O2. The molecule has 0 aromatic heterocycles. The SMILES string of the molecule is CN=C(NCCN1C(=O)CNC1=O)NC1CCN(c2ccccc2Br)C1.I. The van der Waals surface area contributed by atoms with E-state index in [2.05, 4.69) is 47.8 Å². The van der Waals surface area contributed by atoms with Crippen LogP contribution in [0, 0.1) is 0 Å². The molecule has 0 bridgehead atoms. The van der Waals surface area contributed by atoms with Gasteiger partial charge in [-0.3, -0.25) is 14.7 Å². The molecule has 8 nitrogen and oxygen atoms in total. The number of nitrogens with one attached hydrogen (secondary N) is 3. The number of amides is 3. The van der Waals surface area contributed by atoms with Gasteiger partial charge in [-0.05, 0) is 34.5 Å². The van der Waals surface area contributed by atoms with E-state index in [1.807, 2.05) is 18.2 Å². The van der Waals surface area contributed by atoms with E-state index in [1.54, 1.807) is 7.05 Å². The third-order valence-electron chi connectivity index (χ3n) is 4.51. The summed E-state index contributed by atoms with van der Waals surface area (Å²) in [5, 5.41) is 9.09. The summed E-state index contributed by atoms with van der Waals surface area (Å²) in [4.78, 5) is 30.9. The third-order valence-corrected chi connectivity index (χ3v) is 5.18. The van der Waals surface area contributed by atoms with Crippen molar-refractivity contribution in [1.29, 1.82) is 0 Å². The molecule has 3 amide bonds. The van der Waals surface area contributed by atoms with Gasteiger partial charge in [0.2, 0.25) is 5.91 Å². The molecule has 1 atom stereocenters. The van der Waals surface area contributed by atoms with Gasteiger partial charge in [-0.15, -0.1) is 24.0 Å². The molecule has 10 heteroatoms. The van der Waals surface area contributed by atoms with Crippen LogP contribution in [0.1, 0.15) is 6.42 Å². The average Bonchev–Trinajstić information content (AvgIpc) is 3.22. The molecule has 0 saturated carbocycles. The number of carbonyl (C=O) groups is 2. The fourth-order valence-corrected chi connectivity index (χ4v) is 3.70. The first-order chi connectivity index (χ1) is 12.6. The van der Waals surface area contributed by atoms with Crippen molar-refractivity contribution in [2.45, 2.75) is 12.5 Å². The summed E-state index contributed by atoms with van der Waals surface area (Å²) in [7, 11) is 1.71. The van der Waals surface area contributed by atoms with E-state index in [0.29, 0.717) is 19.0 Å². The fourth-order valence-electron chi connectivity index (χ4n) is 3.16. The van der Waals surface area contributed by atoms with Gasteiger partial charge in [0.25, 0.3) is 0 Å². The minimum atomic E-state index is -0.334. The smallest absolute Gasteiger partial charge is 0.324 e. The Morgan fingerprint density at radius 2 is 2.15 bits per heavy atom. The molecule has 0 spiro atoms. The van der Waals surface area contributed by atoms with Crippen molar-refractivity contribution in [3.8, 4) is 0 Å². The number of urea groups is 1. The van der Waals surface area contributed by atoms with Crippen LogP contribution in [-0.2, 0) is 4.79 Å². The van der Waals surface area contributed by atoms with Gasteiger partial charge < -0.3 is 20.9 Å². The molecule has 2 heterocycles. The summed E-state index contributed by atoms with van der Waals surface area (Å²) in [6.07, 6.45) is 1.01. The van der Waals surface area contributed by atoms with Crippen molar-refractivity contribution in [1.82, 2.24) is 20.9 Å². The largest absolute Gasteiger partial charge is 0.368 e. The van der Waals surface area contributed by atoms with Gasteiger partial charge in [0.05, 0.1) is 12.2 Å². The zero-order valence-electron chi connectivity index (χ0n) is 15.1. The zero-order chi connectivity index (χ0) is 18.5. The lowest BCUT2D eigenvalue weighted by atomic mass is 10.3. The zero-order valence-corrected chi connectivity index (χ0v) is 19.0. The maximum Gasteiger partial charge on any atom is 0.324 e. The number of hydrogen-bond acceptors (Lipinski definition) is 4. The van der Waals surface area contributed by atoms with Crippen LogP contribution in [0.4, 0.5) is 10.5 Å². The van der Waals surface area contributed by atoms with Gasteiger partial charge in [0, 0.05) is 43.7 Å². The highest BCUT2D eigenvalue weighted by Gasteiger charge is 2.28. The van der Waals surface area contributed by atoms with E-state index in [4.69, 9.17) is 0 Å². The summed E-state index contributed by atoms with van der Waals surface area (Å²) in [6, 6.07) is 8.15. The highest BCUT2D eigenvalue weighted by Crippen LogP contribution is 2.28. The lowest BCUT2D eigenvalue weighted by Crippen LogP contribution is -2.47. The first-order valence-electron chi connectivity index (χ1n) is 8.63. The molecule has 2 aliphatic heterocycles. The van der Waals surface area contributed by atoms with Crippen molar-refractivity contribution >= 4 is 63.5 Å². The lowest BCUT2D eigenvalue weighted by Gasteiger charge is -2.21. The van der Waals surface area contributed by atoms with E-state index in [1.165, 1.54) is 10.6 Å². The first kappa shape index (κ1) is 21.7. The molecule has 0 aliphatic carbocycles. The van der Waals surface area contributed by atoms with Crippen molar-refractivity contribution in [3.05, 3.63) is 28.7 Å². The molecular weight excluding hydrogens is 527 g/mol. The van der Waals surface area contributed by atoms with Crippen LogP contribution < -0.4 is 20.9 Å². The maximum atomic E-state index is 11.6. The summed E-state index contributed by atoms with van der Waals surface area (Å²) in [5.74, 6) is 0.482. The Bertz CT molecular complexity index is 700. The van der Waals surface area contributed by atoms with E-state index >= 15 is 0 Å². The molecule has 148 valence electrons. The number of nitrogens with zero attached hydrogens (tertiary/aromatic N) is 3. The topological polar surface area (TPSA) is 89.1 Å². The van der Waals surface area contributed by atoms with Crippen LogP contribution in [-0.4, -0.2) is 68.6 Å². The van der Waals surface area contributed by atoms with Crippen molar-refractivity contribution in [3.63, 3.8) is 0 Å². The number of carbonyl (C=O) groups excluding carboxylic acids is 2. The van der Waals surface area contributed by atoms with Crippen molar-refractivity contribution < 1.29 is 9.59 Å². The van der Waals surface area contributed by atoms with Crippen LogP contribution in [0.3, 0.4) is 0 Å². The summed E-state index contributed by atoms with van der Waals surface area (Å²) >= 11 is 3.60. The predicted octanol–water partition coefficient (Wildman–Crippen LogP) is 1.36. The summed E-state index contributed by atoms with van der Waals surface area (Å²) < 4.78 is 1.09. The molecule has 1 aromatic rings. The first-order valence-corrected chi connectivity index (χ1v) is 9.42. The standard InChI is InChI=1S/C17H23BrN6O2.HI/c1-19-16(20-7-9-24-15(25)10-21-17(24)26)22-12-6-8-23(11-12)14-5-3-2-4-13(14)18;/h2-5,12H,6-11H2,1H3,(H,21,26)(H2,19,20,22);1H. The Hall–Kier alpha value is -1.56. The number of rotatable bonds is 5. The molecule has 27 heavy (non-hydrogen) atoms. The number of anilines is 1. The van der Waals surface area contributed by atoms with E-state index < -0.39 is 0 Å². The van der Waals surface area contributed by atoms with Gasteiger partial charge in [0.15, 0.2) is 5.96 Å². The highest BCUT2D eigenvalue weighted by atomic mass is 127. The number of imide groups is 1. The van der Waals surface area contributed by atoms with Gasteiger partial charge in [0.1, 0.15) is 0 Å². The third kappa shape index (κ3) is 5.47. The molecule has 2 fully saturated rings. The second-order valence-corrected chi connectivity index (χ2v) is 7.08. The van der Waals surface area contributed by atoms with E-state index in [9.17, 15) is 9.59 Å². The highest BCUT2D eigenvalue weighted by molar-refractivity contribution is 14.0. The molecule has 1 aromatic carbocycles. The molecule has 3 rings (SSSR count). The maximum absolute atomic E-state index is 11.6. The second-order valence-electron chi connectivity index (χ2n) is 6.23. The monoisotopic (exact) mass is 550 g/mol. The molecule has 2 saturated heterocycles. The minimum Gasteiger partial charge on any atom is -0.368 e. The Balaban J connectivity index is 0.00000261. The van der Waals surface area contributed by atoms with Crippen LogP contribution in [0.5, 0.6) is 0 Å². The quantitative estimate of drug-likeness (QED) is 0.223. The fraction of sp³-hybridized carbons (Fsp3) is 0.471. The Kier molecular flexibility index (Phi) is 8.14. The predicted molar refractivity (Wildman–Crippen MR) is 120 cm³/mol. The van der Waals surface area contributed by atoms with Gasteiger partial charge in [-0.25, -0.2) is 4.79 Å². The summed E-state index contributed by atoms with van der Waals surface area (Å²) in [5.41, 5.74) is 1.19. The Morgan fingerprint density at radius 1 is 1.37 bits per heavy atom. The van der Waals surface area contributed by atoms with E-state index in [0.717, 1.165) is 24.0 Å². The van der Waals surface area contributed by atoms with Gasteiger partial charge >= 0.3 is 6.03 Å². The number of benzene rings is 1. The van der Waals surface area contributed by atoms with Crippen LogP contribution >= 0.6 is 39.9 Å². The molecule has 3 N–H and O–H groups in total. The van der Waals surface area contributed by atoms with Crippen molar-refractivity contribution in [2.24, 2.45) is 4.99 Å². The lowest BCUT2D eigenvalue weighted by molar-refractivity contribution is -0.124.